The Morgan fingerprint density at radius 3 is 2.92 bits per heavy atom. The summed E-state index contributed by atoms with van der Waals surface area (Å²) < 4.78 is 37.4. The molecule has 1 aromatic heterocycles. The summed E-state index contributed by atoms with van der Waals surface area (Å²) in [6, 6.07) is 1.18. The van der Waals surface area contributed by atoms with Crippen LogP contribution in [-0.4, -0.2) is 64.6 Å². The quantitative estimate of drug-likeness (QED) is 0.910. The van der Waals surface area contributed by atoms with Gasteiger partial charge in [-0.1, -0.05) is 0 Å². The molecule has 1 unspecified atom stereocenters. The highest BCUT2D eigenvalue weighted by molar-refractivity contribution is 5.88. The number of ether oxygens (including phenoxy) is 2. The standard InChI is InChI=1S/C15H22F2N4O3/c1-14(2)8-20(9-15(24-14)4-6-23-10-15)13(22)18-12-3-5-21(19-12)7-11(16)17/h3,5,11H,4,6-10H2,1-2H3,(H,18,19,22). The van der Waals surface area contributed by atoms with Crippen molar-refractivity contribution in [2.24, 2.45) is 0 Å². The number of halogens is 2. The number of hydrogen-bond donors (Lipinski definition) is 1. The van der Waals surface area contributed by atoms with Crippen LogP contribution in [0.15, 0.2) is 12.3 Å². The van der Waals surface area contributed by atoms with Gasteiger partial charge in [0.25, 0.3) is 6.43 Å². The van der Waals surface area contributed by atoms with E-state index in [0.717, 1.165) is 11.1 Å². The number of aromatic nitrogens is 2. The zero-order valence-electron chi connectivity index (χ0n) is 13.8. The van der Waals surface area contributed by atoms with Crippen LogP contribution in [0.5, 0.6) is 0 Å². The van der Waals surface area contributed by atoms with Gasteiger partial charge in [0.05, 0.1) is 25.3 Å². The van der Waals surface area contributed by atoms with Crippen molar-refractivity contribution in [2.45, 2.75) is 44.4 Å². The Hall–Kier alpha value is -1.74. The van der Waals surface area contributed by atoms with Gasteiger partial charge in [0.1, 0.15) is 12.1 Å². The minimum Gasteiger partial charge on any atom is -0.378 e. The Bertz CT molecular complexity index is 599. The molecule has 2 amide bonds. The van der Waals surface area contributed by atoms with Crippen molar-refractivity contribution < 1.29 is 23.0 Å². The number of carbonyl (C=O) groups is 1. The monoisotopic (exact) mass is 344 g/mol. The van der Waals surface area contributed by atoms with Crippen molar-refractivity contribution in [1.82, 2.24) is 14.7 Å². The van der Waals surface area contributed by atoms with E-state index in [-0.39, 0.29) is 11.8 Å². The number of alkyl halides is 2. The molecule has 24 heavy (non-hydrogen) atoms. The molecule has 1 N–H and O–H groups in total. The summed E-state index contributed by atoms with van der Waals surface area (Å²) in [6.45, 7) is 5.31. The lowest BCUT2D eigenvalue weighted by molar-refractivity contribution is -0.185. The molecule has 3 rings (SSSR count). The molecular weight excluding hydrogens is 322 g/mol. The van der Waals surface area contributed by atoms with Crippen molar-refractivity contribution in [1.29, 1.82) is 0 Å². The Kier molecular flexibility index (Phi) is 4.48. The number of rotatable bonds is 3. The van der Waals surface area contributed by atoms with Crippen molar-refractivity contribution in [3.05, 3.63) is 12.3 Å². The van der Waals surface area contributed by atoms with E-state index in [4.69, 9.17) is 9.47 Å². The third-order valence-corrected chi connectivity index (χ3v) is 4.10. The first kappa shape index (κ1) is 17.1. The molecular formula is C15H22F2N4O3. The number of nitrogens with zero attached hydrogens (tertiary/aromatic N) is 3. The minimum atomic E-state index is -2.49. The van der Waals surface area contributed by atoms with Crippen LogP contribution in [0.1, 0.15) is 20.3 Å². The van der Waals surface area contributed by atoms with Gasteiger partial charge in [-0.15, -0.1) is 0 Å². The highest BCUT2D eigenvalue weighted by Gasteiger charge is 2.48. The maximum Gasteiger partial charge on any atom is 0.323 e. The molecule has 3 heterocycles. The zero-order valence-corrected chi connectivity index (χ0v) is 13.8. The number of urea groups is 1. The highest BCUT2D eigenvalue weighted by atomic mass is 19.3. The van der Waals surface area contributed by atoms with Gasteiger partial charge in [-0.2, -0.15) is 5.10 Å². The fourth-order valence-electron chi connectivity index (χ4n) is 3.31. The van der Waals surface area contributed by atoms with Gasteiger partial charge in [0.15, 0.2) is 5.82 Å². The van der Waals surface area contributed by atoms with Crippen LogP contribution in [0.3, 0.4) is 0 Å². The summed E-state index contributed by atoms with van der Waals surface area (Å²) in [5.74, 6) is 0.252. The molecule has 2 fully saturated rings. The summed E-state index contributed by atoms with van der Waals surface area (Å²) >= 11 is 0. The first-order chi connectivity index (χ1) is 11.3. The number of amides is 2. The molecule has 1 spiro atoms. The predicted octanol–water partition coefficient (Wildman–Crippen LogP) is 1.95. The van der Waals surface area contributed by atoms with E-state index in [1.54, 1.807) is 4.90 Å². The molecule has 2 aliphatic heterocycles. The zero-order chi connectivity index (χ0) is 17.4. The number of morpholine rings is 1. The molecule has 0 radical (unpaired) electrons. The molecule has 134 valence electrons. The van der Waals surface area contributed by atoms with Gasteiger partial charge >= 0.3 is 6.03 Å². The van der Waals surface area contributed by atoms with Crippen LogP contribution in [0.25, 0.3) is 0 Å². The van der Waals surface area contributed by atoms with E-state index in [1.165, 1.54) is 12.3 Å². The lowest BCUT2D eigenvalue weighted by Crippen LogP contribution is -2.62. The third kappa shape index (κ3) is 3.84. The van der Waals surface area contributed by atoms with Crippen molar-refractivity contribution in [3.63, 3.8) is 0 Å². The second kappa shape index (κ2) is 6.29. The van der Waals surface area contributed by atoms with E-state index in [9.17, 15) is 13.6 Å². The number of anilines is 1. The van der Waals surface area contributed by atoms with Crippen molar-refractivity contribution in [2.75, 3.05) is 31.6 Å². The topological polar surface area (TPSA) is 68.6 Å². The summed E-state index contributed by atoms with van der Waals surface area (Å²) in [5.41, 5.74) is -0.966. The van der Waals surface area contributed by atoms with Gasteiger partial charge in [0, 0.05) is 25.3 Å². The van der Waals surface area contributed by atoms with E-state index >= 15 is 0 Å². The number of nitrogens with one attached hydrogen (secondary N) is 1. The Balaban J connectivity index is 1.66. The third-order valence-electron chi connectivity index (χ3n) is 4.10. The lowest BCUT2D eigenvalue weighted by Gasteiger charge is -2.47. The van der Waals surface area contributed by atoms with E-state index < -0.39 is 24.2 Å². The average Bonchev–Trinajstić information content (AvgIpc) is 3.06. The van der Waals surface area contributed by atoms with Gasteiger partial charge in [-0.25, -0.2) is 13.6 Å². The van der Waals surface area contributed by atoms with Crippen molar-refractivity contribution >= 4 is 11.8 Å². The molecule has 0 aliphatic carbocycles. The maximum absolute atomic E-state index is 12.5. The highest BCUT2D eigenvalue weighted by Crippen LogP contribution is 2.34. The fraction of sp³-hybridized carbons (Fsp3) is 0.733. The second-order valence-corrected chi connectivity index (χ2v) is 6.95. The number of carbonyl (C=O) groups excluding carboxylic acids is 1. The predicted molar refractivity (Wildman–Crippen MR) is 82.2 cm³/mol. The Labute approximate surface area is 138 Å². The van der Waals surface area contributed by atoms with E-state index in [0.29, 0.717) is 26.3 Å². The van der Waals surface area contributed by atoms with Crippen LogP contribution in [0.4, 0.5) is 19.4 Å². The first-order valence-electron chi connectivity index (χ1n) is 7.92. The maximum atomic E-state index is 12.5. The molecule has 1 aromatic rings. The van der Waals surface area contributed by atoms with Crippen LogP contribution in [0.2, 0.25) is 0 Å². The normalized spacial score (nSPS) is 26.3. The summed E-state index contributed by atoms with van der Waals surface area (Å²) in [4.78, 5) is 14.2. The second-order valence-electron chi connectivity index (χ2n) is 6.95. The molecule has 9 heteroatoms. The van der Waals surface area contributed by atoms with Crippen LogP contribution in [0, 0.1) is 0 Å². The molecule has 2 saturated heterocycles. The molecule has 7 nitrogen and oxygen atoms in total. The summed E-state index contributed by atoms with van der Waals surface area (Å²) in [6.07, 6.45) is -0.337. The molecule has 1 atom stereocenters. The summed E-state index contributed by atoms with van der Waals surface area (Å²) in [7, 11) is 0. The largest absolute Gasteiger partial charge is 0.378 e. The minimum absolute atomic E-state index is 0.252. The van der Waals surface area contributed by atoms with Gasteiger partial charge in [0.2, 0.25) is 0 Å². The van der Waals surface area contributed by atoms with Crippen molar-refractivity contribution in [3.8, 4) is 0 Å². The van der Waals surface area contributed by atoms with Crippen LogP contribution in [-0.2, 0) is 16.0 Å². The Morgan fingerprint density at radius 1 is 1.46 bits per heavy atom. The van der Waals surface area contributed by atoms with Gasteiger partial charge in [-0.05, 0) is 13.8 Å². The van der Waals surface area contributed by atoms with E-state index in [1.807, 2.05) is 13.8 Å². The van der Waals surface area contributed by atoms with Gasteiger partial charge < -0.3 is 14.4 Å². The molecule has 0 aromatic carbocycles. The number of hydrogen-bond acceptors (Lipinski definition) is 4. The summed E-state index contributed by atoms with van der Waals surface area (Å²) in [5, 5.41) is 6.60. The fourth-order valence-corrected chi connectivity index (χ4v) is 3.31. The molecule has 0 bridgehead atoms. The van der Waals surface area contributed by atoms with E-state index in [2.05, 4.69) is 10.4 Å². The lowest BCUT2D eigenvalue weighted by atomic mass is 9.95. The molecule has 2 aliphatic rings. The Morgan fingerprint density at radius 2 is 2.25 bits per heavy atom. The molecule has 0 saturated carbocycles. The average molecular weight is 344 g/mol. The van der Waals surface area contributed by atoms with Gasteiger partial charge in [-0.3, -0.25) is 10.00 Å². The van der Waals surface area contributed by atoms with Crippen LogP contribution >= 0.6 is 0 Å². The van der Waals surface area contributed by atoms with Crippen LogP contribution < -0.4 is 5.32 Å². The SMILES string of the molecule is CC1(C)CN(C(=O)Nc2ccn(CC(F)F)n2)CC2(CCOC2)O1. The first-order valence-corrected chi connectivity index (χ1v) is 7.92. The smallest absolute Gasteiger partial charge is 0.323 e.